The lowest BCUT2D eigenvalue weighted by Gasteiger charge is -2.32. The molecule has 4 N–H and O–H groups in total. The summed E-state index contributed by atoms with van der Waals surface area (Å²) in [5.74, 6) is -0.868. The van der Waals surface area contributed by atoms with Crippen molar-refractivity contribution < 1.29 is 15.0 Å². The number of nitrogens with zero attached hydrogens (tertiary/aromatic N) is 2. The highest BCUT2D eigenvalue weighted by Crippen LogP contribution is 2.25. The largest absolute Gasteiger partial charge is 0.478 e. The fourth-order valence-electron chi connectivity index (χ4n) is 2.20. The van der Waals surface area contributed by atoms with Gasteiger partial charge in [-0.25, -0.2) is 9.78 Å². The average Bonchev–Trinajstić information content (AvgIpc) is 2.39. The number of carboxylic acids is 1. The van der Waals surface area contributed by atoms with Crippen LogP contribution in [-0.4, -0.2) is 40.4 Å². The van der Waals surface area contributed by atoms with E-state index in [0.29, 0.717) is 12.2 Å². The Balaban J connectivity index is 3.25. The van der Waals surface area contributed by atoms with E-state index in [1.54, 1.807) is 0 Å². The molecule has 6 nitrogen and oxygen atoms in total. The molecule has 0 atom stereocenters. The zero-order valence-corrected chi connectivity index (χ0v) is 11.3. The van der Waals surface area contributed by atoms with Gasteiger partial charge in [0, 0.05) is 12.6 Å². The summed E-state index contributed by atoms with van der Waals surface area (Å²) in [7, 11) is 0. The van der Waals surface area contributed by atoms with Crippen molar-refractivity contribution in [3.05, 3.63) is 17.8 Å². The van der Waals surface area contributed by atoms with E-state index in [1.807, 2.05) is 18.7 Å². The fraction of sp³-hybridized carbons (Fsp3) is 0.538. The van der Waals surface area contributed by atoms with E-state index in [4.69, 9.17) is 5.73 Å². The molecule has 1 heterocycles. The van der Waals surface area contributed by atoms with Gasteiger partial charge in [-0.2, -0.15) is 0 Å². The van der Waals surface area contributed by atoms with Crippen molar-refractivity contribution in [3.8, 4) is 0 Å². The second-order valence-electron chi connectivity index (χ2n) is 4.32. The van der Waals surface area contributed by atoms with Crippen LogP contribution in [-0.2, 0) is 0 Å². The number of aromatic carboxylic acids is 1. The third-order valence-corrected chi connectivity index (χ3v) is 3.17. The second-order valence-corrected chi connectivity index (χ2v) is 4.32. The predicted molar refractivity (Wildman–Crippen MR) is 74.4 cm³/mol. The number of anilines is 2. The maximum absolute atomic E-state index is 11.3. The van der Waals surface area contributed by atoms with Crippen LogP contribution in [0.15, 0.2) is 12.3 Å². The number of rotatable bonds is 7. The van der Waals surface area contributed by atoms with Gasteiger partial charge in [-0.15, -0.1) is 0 Å². The first kappa shape index (κ1) is 15.2. The Kier molecular flexibility index (Phi) is 5.57. The van der Waals surface area contributed by atoms with E-state index in [2.05, 4.69) is 4.98 Å². The maximum Gasteiger partial charge on any atom is 0.338 e. The van der Waals surface area contributed by atoms with Gasteiger partial charge in [-0.3, -0.25) is 0 Å². The van der Waals surface area contributed by atoms with Gasteiger partial charge < -0.3 is 20.8 Å². The lowest BCUT2D eigenvalue weighted by Crippen LogP contribution is -2.38. The van der Waals surface area contributed by atoms with Crippen LogP contribution in [0, 0.1) is 0 Å². The minimum atomic E-state index is -1.04. The minimum absolute atomic E-state index is 0.0417. The number of hydrogen-bond acceptors (Lipinski definition) is 5. The van der Waals surface area contributed by atoms with Crippen LogP contribution >= 0.6 is 0 Å². The highest BCUT2D eigenvalue weighted by Gasteiger charge is 2.21. The van der Waals surface area contributed by atoms with E-state index in [0.717, 1.165) is 12.8 Å². The van der Waals surface area contributed by atoms with E-state index < -0.39 is 5.97 Å². The van der Waals surface area contributed by atoms with E-state index in [9.17, 15) is 15.0 Å². The Morgan fingerprint density at radius 2 is 2.11 bits per heavy atom. The van der Waals surface area contributed by atoms with Crippen molar-refractivity contribution in [2.24, 2.45) is 0 Å². The van der Waals surface area contributed by atoms with Gasteiger partial charge in [0.2, 0.25) is 0 Å². The standard InChI is InChI=1S/C13H21N3O3/c1-3-9(4-2)16(5-6-17)11-8-15-12(14)7-10(11)13(18)19/h7-9,17H,3-6H2,1-2H3,(H2,14,15)(H,18,19). The van der Waals surface area contributed by atoms with Gasteiger partial charge >= 0.3 is 5.97 Å². The lowest BCUT2D eigenvalue weighted by atomic mass is 10.1. The average molecular weight is 267 g/mol. The molecular formula is C13H21N3O3. The first-order chi connectivity index (χ1) is 9.04. The quantitative estimate of drug-likeness (QED) is 0.689. The molecule has 0 unspecified atom stereocenters. The molecule has 0 bridgehead atoms. The van der Waals surface area contributed by atoms with Crippen molar-refractivity contribution >= 4 is 17.5 Å². The first-order valence-electron chi connectivity index (χ1n) is 6.41. The van der Waals surface area contributed by atoms with Crippen LogP contribution in [0.3, 0.4) is 0 Å². The number of nitrogen functional groups attached to an aromatic ring is 1. The summed E-state index contributed by atoms with van der Waals surface area (Å²) >= 11 is 0. The number of aliphatic hydroxyl groups is 1. The zero-order valence-electron chi connectivity index (χ0n) is 11.3. The molecule has 1 aromatic heterocycles. The minimum Gasteiger partial charge on any atom is -0.478 e. The summed E-state index contributed by atoms with van der Waals surface area (Å²) in [5.41, 5.74) is 6.16. The van der Waals surface area contributed by atoms with Crippen LogP contribution in [0.25, 0.3) is 0 Å². The molecule has 0 aliphatic carbocycles. The number of aliphatic hydroxyl groups excluding tert-OH is 1. The maximum atomic E-state index is 11.3. The highest BCUT2D eigenvalue weighted by atomic mass is 16.4. The molecule has 0 saturated carbocycles. The molecule has 0 saturated heterocycles. The van der Waals surface area contributed by atoms with Crippen LogP contribution in [0.2, 0.25) is 0 Å². The molecule has 19 heavy (non-hydrogen) atoms. The molecule has 1 aromatic rings. The number of hydrogen-bond donors (Lipinski definition) is 3. The topological polar surface area (TPSA) is 99.7 Å². The van der Waals surface area contributed by atoms with Gasteiger partial charge in [0.25, 0.3) is 0 Å². The molecular weight excluding hydrogens is 246 g/mol. The van der Waals surface area contributed by atoms with Crippen molar-refractivity contribution in [1.29, 1.82) is 0 Å². The molecule has 1 rings (SSSR count). The van der Waals surface area contributed by atoms with Gasteiger partial charge in [0.1, 0.15) is 5.82 Å². The number of aromatic nitrogens is 1. The number of carboxylic acid groups (broad SMARTS) is 1. The van der Waals surface area contributed by atoms with Crippen LogP contribution in [0.1, 0.15) is 37.0 Å². The van der Waals surface area contributed by atoms with E-state index in [-0.39, 0.29) is 24.0 Å². The van der Waals surface area contributed by atoms with Crippen molar-refractivity contribution in [2.75, 3.05) is 23.8 Å². The second kappa shape index (κ2) is 6.94. The summed E-state index contributed by atoms with van der Waals surface area (Å²) in [6.07, 6.45) is 3.19. The first-order valence-corrected chi connectivity index (χ1v) is 6.41. The summed E-state index contributed by atoms with van der Waals surface area (Å²) in [6.45, 7) is 4.39. The normalized spacial score (nSPS) is 10.7. The van der Waals surface area contributed by atoms with Crippen LogP contribution in [0.5, 0.6) is 0 Å². The monoisotopic (exact) mass is 267 g/mol. The Morgan fingerprint density at radius 3 is 2.58 bits per heavy atom. The Hall–Kier alpha value is -1.82. The third-order valence-electron chi connectivity index (χ3n) is 3.17. The molecule has 0 radical (unpaired) electrons. The SMILES string of the molecule is CCC(CC)N(CCO)c1cnc(N)cc1C(=O)O. The van der Waals surface area contributed by atoms with Crippen molar-refractivity contribution in [3.63, 3.8) is 0 Å². The third kappa shape index (κ3) is 3.57. The molecule has 0 aliphatic heterocycles. The number of pyridine rings is 1. The van der Waals surface area contributed by atoms with Gasteiger partial charge in [-0.05, 0) is 18.9 Å². The Bertz CT molecular complexity index is 433. The Labute approximate surface area is 112 Å². The molecule has 0 aromatic carbocycles. The number of carbonyl (C=O) groups is 1. The lowest BCUT2D eigenvalue weighted by molar-refractivity contribution is 0.0697. The van der Waals surface area contributed by atoms with Crippen molar-refractivity contribution in [2.45, 2.75) is 32.7 Å². The molecule has 0 aliphatic rings. The summed E-state index contributed by atoms with van der Waals surface area (Å²) in [5, 5.41) is 18.4. The van der Waals surface area contributed by atoms with Crippen LogP contribution in [0.4, 0.5) is 11.5 Å². The van der Waals surface area contributed by atoms with Gasteiger partial charge in [0.15, 0.2) is 0 Å². The summed E-state index contributed by atoms with van der Waals surface area (Å²) in [6, 6.07) is 1.51. The molecule has 0 amide bonds. The van der Waals surface area contributed by atoms with Crippen LogP contribution < -0.4 is 10.6 Å². The molecule has 0 spiro atoms. The van der Waals surface area contributed by atoms with Crippen molar-refractivity contribution in [1.82, 2.24) is 4.98 Å². The zero-order chi connectivity index (χ0) is 14.4. The van der Waals surface area contributed by atoms with E-state index in [1.165, 1.54) is 12.3 Å². The smallest absolute Gasteiger partial charge is 0.338 e. The van der Waals surface area contributed by atoms with E-state index >= 15 is 0 Å². The molecule has 6 heteroatoms. The summed E-state index contributed by atoms with van der Waals surface area (Å²) < 4.78 is 0. The fourth-order valence-corrected chi connectivity index (χ4v) is 2.20. The predicted octanol–water partition coefficient (Wildman–Crippen LogP) is 1.35. The molecule has 0 fully saturated rings. The van der Waals surface area contributed by atoms with Gasteiger partial charge in [-0.1, -0.05) is 13.8 Å². The van der Waals surface area contributed by atoms with Gasteiger partial charge in [0.05, 0.1) is 24.1 Å². The molecule has 106 valence electrons. The summed E-state index contributed by atoms with van der Waals surface area (Å²) in [4.78, 5) is 17.2. The Morgan fingerprint density at radius 1 is 1.47 bits per heavy atom. The highest BCUT2D eigenvalue weighted by molar-refractivity contribution is 5.95. The number of nitrogens with two attached hydrogens (primary N) is 1.